The highest BCUT2D eigenvalue weighted by atomic mass is 16.1. The van der Waals surface area contributed by atoms with E-state index < -0.39 is 0 Å². The summed E-state index contributed by atoms with van der Waals surface area (Å²) in [4.78, 5) is 16.4. The van der Waals surface area contributed by atoms with Gasteiger partial charge in [0.15, 0.2) is 0 Å². The van der Waals surface area contributed by atoms with Crippen LogP contribution in [0, 0.1) is 35.5 Å². The number of nitriles is 2. The number of piperazine rings is 1. The molecule has 1 saturated carbocycles. The molecule has 29 heavy (non-hydrogen) atoms. The lowest BCUT2D eigenvalue weighted by molar-refractivity contribution is -0.121. The topological polar surface area (TPSA) is 83.2 Å². The Morgan fingerprint density at radius 3 is 2.52 bits per heavy atom. The first-order valence-corrected chi connectivity index (χ1v) is 10.7. The summed E-state index contributed by atoms with van der Waals surface area (Å²) in [6.07, 6.45) is 5.55. The number of hydrogen-bond donors (Lipinski definition) is 1. The molecule has 0 spiro atoms. The SMILES string of the molecule is Cc1cccc(N2CCN(CC[C@H]3CC[C@H](NC(=O)CC#N)CC3)CC2)c1C#N. The van der Waals surface area contributed by atoms with E-state index in [4.69, 9.17) is 5.26 Å². The Labute approximate surface area is 174 Å². The van der Waals surface area contributed by atoms with Gasteiger partial charge in [0.05, 0.1) is 17.3 Å². The Hall–Kier alpha value is -2.57. The van der Waals surface area contributed by atoms with Gasteiger partial charge in [-0.3, -0.25) is 9.69 Å². The van der Waals surface area contributed by atoms with Crippen LogP contribution in [0.5, 0.6) is 0 Å². The van der Waals surface area contributed by atoms with Crippen LogP contribution < -0.4 is 10.2 Å². The zero-order valence-corrected chi connectivity index (χ0v) is 17.4. The molecular weight excluding hydrogens is 362 g/mol. The molecule has 0 aromatic heterocycles. The van der Waals surface area contributed by atoms with Gasteiger partial charge in [-0.2, -0.15) is 10.5 Å². The van der Waals surface area contributed by atoms with Crippen LogP contribution in [0.4, 0.5) is 5.69 Å². The first-order valence-electron chi connectivity index (χ1n) is 10.7. The van der Waals surface area contributed by atoms with Crippen LogP contribution in [0.15, 0.2) is 18.2 Å². The summed E-state index contributed by atoms with van der Waals surface area (Å²) in [5, 5.41) is 21.0. The first kappa shape index (κ1) is 21.1. The molecule has 154 valence electrons. The molecule has 1 aromatic rings. The van der Waals surface area contributed by atoms with Crippen molar-refractivity contribution in [2.75, 3.05) is 37.6 Å². The third kappa shape index (κ3) is 5.71. The van der Waals surface area contributed by atoms with Crippen molar-refractivity contribution in [3.8, 4) is 12.1 Å². The highest BCUT2D eigenvalue weighted by Gasteiger charge is 2.24. The molecule has 1 aliphatic heterocycles. The van der Waals surface area contributed by atoms with Gasteiger partial charge in [-0.1, -0.05) is 12.1 Å². The van der Waals surface area contributed by atoms with Crippen LogP contribution in [0.1, 0.15) is 49.7 Å². The lowest BCUT2D eigenvalue weighted by Gasteiger charge is -2.37. The molecule has 1 saturated heterocycles. The second-order valence-electron chi connectivity index (χ2n) is 8.32. The van der Waals surface area contributed by atoms with Crippen LogP contribution in [0.3, 0.4) is 0 Å². The highest BCUT2D eigenvalue weighted by molar-refractivity contribution is 5.78. The lowest BCUT2D eigenvalue weighted by Crippen LogP contribution is -2.47. The summed E-state index contributed by atoms with van der Waals surface area (Å²) in [7, 11) is 0. The van der Waals surface area contributed by atoms with Gasteiger partial charge < -0.3 is 10.2 Å². The Morgan fingerprint density at radius 2 is 1.86 bits per heavy atom. The van der Waals surface area contributed by atoms with Gasteiger partial charge in [0.25, 0.3) is 0 Å². The molecule has 1 aliphatic carbocycles. The number of nitrogens with one attached hydrogen (secondary N) is 1. The minimum Gasteiger partial charge on any atom is -0.368 e. The minimum absolute atomic E-state index is 0.0374. The highest BCUT2D eigenvalue weighted by Crippen LogP contribution is 2.28. The van der Waals surface area contributed by atoms with Gasteiger partial charge in [-0.15, -0.1) is 0 Å². The molecule has 0 radical (unpaired) electrons. The van der Waals surface area contributed by atoms with E-state index in [1.807, 2.05) is 25.1 Å². The van der Waals surface area contributed by atoms with Crippen molar-refractivity contribution in [2.45, 2.75) is 51.5 Å². The van der Waals surface area contributed by atoms with Gasteiger partial charge in [-0.05, 0) is 63.1 Å². The van der Waals surface area contributed by atoms with Crippen LogP contribution in [-0.2, 0) is 4.79 Å². The molecule has 1 N–H and O–H groups in total. The number of rotatable bonds is 6. The summed E-state index contributed by atoms with van der Waals surface area (Å²) < 4.78 is 0. The van der Waals surface area contributed by atoms with Crippen LogP contribution in [0.25, 0.3) is 0 Å². The quantitative estimate of drug-likeness (QED) is 0.803. The van der Waals surface area contributed by atoms with Crippen molar-refractivity contribution in [1.82, 2.24) is 10.2 Å². The van der Waals surface area contributed by atoms with E-state index in [1.54, 1.807) is 0 Å². The van der Waals surface area contributed by atoms with Crippen LogP contribution in [-0.4, -0.2) is 49.6 Å². The van der Waals surface area contributed by atoms with E-state index in [2.05, 4.69) is 27.3 Å². The second-order valence-corrected chi connectivity index (χ2v) is 8.32. The number of nitrogens with zero attached hydrogens (tertiary/aromatic N) is 4. The zero-order valence-electron chi connectivity index (χ0n) is 17.4. The summed E-state index contributed by atoms with van der Waals surface area (Å²) in [5.41, 5.74) is 2.93. The third-order valence-electron chi connectivity index (χ3n) is 6.38. The van der Waals surface area contributed by atoms with Gasteiger partial charge >= 0.3 is 0 Å². The van der Waals surface area contributed by atoms with Gasteiger partial charge in [0, 0.05) is 32.2 Å². The minimum atomic E-state index is -0.137. The van der Waals surface area contributed by atoms with E-state index in [9.17, 15) is 10.1 Å². The Kier molecular flexibility index (Phi) is 7.49. The number of anilines is 1. The predicted octanol–water partition coefficient (Wildman–Crippen LogP) is 2.97. The van der Waals surface area contributed by atoms with Crippen LogP contribution >= 0.6 is 0 Å². The summed E-state index contributed by atoms with van der Waals surface area (Å²) in [6, 6.07) is 10.6. The largest absolute Gasteiger partial charge is 0.368 e. The van der Waals surface area contributed by atoms with Gasteiger partial charge in [-0.25, -0.2) is 0 Å². The van der Waals surface area contributed by atoms with Gasteiger partial charge in [0.2, 0.25) is 5.91 Å². The second kappa shape index (κ2) is 10.3. The van der Waals surface area contributed by atoms with Crippen molar-refractivity contribution in [1.29, 1.82) is 10.5 Å². The first-order chi connectivity index (χ1) is 14.1. The Morgan fingerprint density at radius 1 is 1.14 bits per heavy atom. The number of amides is 1. The predicted molar refractivity (Wildman–Crippen MR) is 113 cm³/mol. The fraction of sp³-hybridized carbons (Fsp3) is 0.609. The van der Waals surface area contributed by atoms with E-state index >= 15 is 0 Å². The molecule has 6 heteroatoms. The number of aryl methyl sites for hydroxylation is 1. The molecule has 3 rings (SSSR count). The summed E-state index contributed by atoms with van der Waals surface area (Å²) in [5.74, 6) is 0.598. The van der Waals surface area contributed by atoms with Crippen molar-refractivity contribution in [3.05, 3.63) is 29.3 Å². The third-order valence-corrected chi connectivity index (χ3v) is 6.38. The van der Waals surface area contributed by atoms with Gasteiger partial charge in [0.1, 0.15) is 12.5 Å². The molecule has 0 atom stereocenters. The van der Waals surface area contributed by atoms with E-state index in [0.29, 0.717) is 0 Å². The fourth-order valence-electron chi connectivity index (χ4n) is 4.58. The molecule has 1 heterocycles. The maximum absolute atomic E-state index is 11.6. The fourth-order valence-corrected chi connectivity index (χ4v) is 4.58. The molecular formula is C23H31N5O. The average Bonchev–Trinajstić information content (AvgIpc) is 2.73. The Bertz CT molecular complexity index is 777. The summed E-state index contributed by atoms with van der Waals surface area (Å²) >= 11 is 0. The lowest BCUT2D eigenvalue weighted by atomic mass is 9.84. The average molecular weight is 394 g/mol. The Balaban J connectivity index is 1.38. The van der Waals surface area contributed by atoms with E-state index in [0.717, 1.165) is 81.1 Å². The van der Waals surface area contributed by atoms with E-state index in [-0.39, 0.29) is 18.4 Å². The monoisotopic (exact) mass is 393 g/mol. The van der Waals surface area contributed by atoms with Crippen molar-refractivity contribution in [2.24, 2.45) is 5.92 Å². The molecule has 0 bridgehead atoms. The normalized spacial score (nSPS) is 22.5. The van der Waals surface area contributed by atoms with Crippen molar-refractivity contribution < 1.29 is 4.79 Å². The number of benzene rings is 1. The summed E-state index contributed by atoms with van der Waals surface area (Å²) in [6.45, 7) is 7.15. The number of carbonyl (C=O) groups excluding carboxylic acids is 1. The molecule has 2 aliphatic rings. The maximum Gasteiger partial charge on any atom is 0.234 e. The van der Waals surface area contributed by atoms with Crippen molar-refractivity contribution >= 4 is 11.6 Å². The maximum atomic E-state index is 11.6. The van der Waals surface area contributed by atoms with E-state index in [1.165, 1.54) is 6.42 Å². The standard InChI is InChI=1S/C23H31N5O/c1-18-3-2-4-22(21(18)17-25)28-15-13-27(14-16-28)12-10-19-5-7-20(8-6-19)26-23(29)9-11-24/h2-4,19-20H,5-10,12-16H2,1H3,(H,26,29)/t19-,20-. The smallest absolute Gasteiger partial charge is 0.234 e. The number of hydrogen-bond acceptors (Lipinski definition) is 5. The zero-order chi connectivity index (χ0) is 20.6. The molecule has 2 fully saturated rings. The molecule has 1 amide bonds. The molecule has 1 aromatic carbocycles. The molecule has 6 nitrogen and oxygen atoms in total. The van der Waals surface area contributed by atoms with Crippen LogP contribution in [0.2, 0.25) is 0 Å². The number of carbonyl (C=O) groups is 1. The molecule has 0 unspecified atom stereocenters. The van der Waals surface area contributed by atoms with Crippen molar-refractivity contribution in [3.63, 3.8) is 0 Å².